The van der Waals surface area contributed by atoms with Crippen LogP contribution in [0.3, 0.4) is 0 Å². The van der Waals surface area contributed by atoms with Gasteiger partial charge in [-0.25, -0.2) is 0 Å². The molecule has 21 heavy (non-hydrogen) atoms. The monoisotopic (exact) mass is 278 g/mol. The molecule has 0 aromatic heterocycles. The first-order valence-electron chi connectivity index (χ1n) is 7.46. The highest BCUT2D eigenvalue weighted by Crippen LogP contribution is 2.26. The fraction of sp³-hybridized carbons (Fsp3) is 0.263. The van der Waals surface area contributed by atoms with Crippen LogP contribution in [0, 0.1) is 13.8 Å². The number of hydrogen-bond acceptors (Lipinski definition) is 2. The Labute approximate surface area is 127 Å². The van der Waals surface area contributed by atoms with Gasteiger partial charge in [0.2, 0.25) is 0 Å². The number of para-hydroxylation sites is 1. The Hall–Kier alpha value is -2.22. The third kappa shape index (κ3) is 2.80. The van der Waals surface area contributed by atoms with Gasteiger partial charge < -0.3 is 9.80 Å². The molecule has 0 saturated carbocycles. The molecule has 2 heteroatoms. The van der Waals surface area contributed by atoms with E-state index in [1.807, 2.05) is 0 Å². The van der Waals surface area contributed by atoms with Crippen molar-refractivity contribution in [2.75, 3.05) is 24.7 Å². The number of anilines is 1. The van der Waals surface area contributed by atoms with E-state index in [0.717, 1.165) is 25.5 Å². The van der Waals surface area contributed by atoms with Crippen LogP contribution in [0.25, 0.3) is 5.70 Å². The molecule has 1 aliphatic heterocycles. The largest absolute Gasteiger partial charge is 0.352 e. The van der Waals surface area contributed by atoms with Gasteiger partial charge in [-0.1, -0.05) is 54.6 Å². The fourth-order valence-electron chi connectivity index (χ4n) is 2.85. The summed E-state index contributed by atoms with van der Waals surface area (Å²) in [6.45, 7) is 11.6. The second kappa shape index (κ2) is 5.65. The molecule has 2 aromatic rings. The number of benzene rings is 2. The minimum absolute atomic E-state index is 0.914. The topological polar surface area (TPSA) is 6.48 Å². The van der Waals surface area contributed by atoms with E-state index in [1.54, 1.807) is 0 Å². The maximum absolute atomic E-state index is 4.29. The van der Waals surface area contributed by atoms with Crippen molar-refractivity contribution >= 4 is 11.4 Å². The molecular weight excluding hydrogens is 256 g/mol. The first kappa shape index (κ1) is 13.7. The molecule has 0 aliphatic carbocycles. The molecule has 1 fully saturated rings. The molecule has 0 atom stereocenters. The Morgan fingerprint density at radius 1 is 0.952 bits per heavy atom. The van der Waals surface area contributed by atoms with E-state index in [-0.39, 0.29) is 0 Å². The van der Waals surface area contributed by atoms with Crippen molar-refractivity contribution in [3.63, 3.8) is 0 Å². The smallest absolute Gasteiger partial charge is 0.0904 e. The summed E-state index contributed by atoms with van der Waals surface area (Å²) >= 11 is 0. The van der Waals surface area contributed by atoms with E-state index in [9.17, 15) is 0 Å². The highest BCUT2D eigenvalue weighted by Gasteiger charge is 2.22. The van der Waals surface area contributed by atoms with Gasteiger partial charge in [0, 0.05) is 24.5 Å². The Morgan fingerprint density at radius 2 is 1.67 bits per heavy atom. The summed E-state index contributed by atoms with van der Waals surface area (Å²) in [5, 5.41) is 0. The molecule has 1 saturated heterocycles. The van der Waals surface area contributed by atoms with Crippen LogP contribution in [0.1, 0.15) is 16.7 Å². The van der Waals surface area contributed by atoms with Crippen molar-refractivity contribution in [1.82, 2.24) is 4.90 Å². The SMILES string of the molecule is C=C(c1ccc(C)cc1)N1CCN(c2ccccc2C)C1. The summed E-state index contributed by atoms with van der Waals surface area (Å²) in [6, 6.07) is 17.2. The minimum Gasteiger partial charge on any atom is -0.352 e. The van der Waals surface area contributed by atoms with Gasteiger partial charge in [0.1, 0.15) is 0 Å². The summed E-state index contributed by atoms with van der Waals surface area (Å²) in [5.74, 6) is 0. The van der Waals surface area contributed by atoms with Gasteiger partial charge in [-0.05, 0) is 31.0 Å². The number of nitrogens with zero attached hydrogens (tertiary/aromatic N) is 2. The predicted octanol–water partition coefficient (Wildman–Crippen LogP) is 4.05. The summed E-state index contributed by atoms with van der Waals surface area (Å²) < 4.78 is 0. The van der Waals surface area contributed by atoms with Crippen LogP contribution >= 0.6 is 0 Å². The molecule has 0 bridgehead atoms. The van der Waals surface area contributed by atoms with Gasteiger partial charge in [-0.3, -0.25) is 0 Å². The Kier molecular flexibility index (Phi) is 3.70. The van der Waals surface area contributed by atoms with Crippen LogP contribution < -0.4 is 4.90 Å². The third-order valence-electron chi connectivity index (χ3n) is 4.20. The van der Waals surface area contributed by atoms with Crippen molar-refractivity contribution in [2.24, 2.45) is 0 Å². The quantitative estimate of drug-likeness (QED) is 0.835. The van der Waals surface area contributed by atoms with E-state index in [4.69, 9.17) is 0 Å². The second-order valence-corrected chi connectivity index (χ2v) is 5.77. The van der Waals surface area contributed by atoms with E-state index < -0.39 is 0 Å². The first-order valence-corrected chi connectivity index (χ1v) is 7.46. The Morgan fingerprint density at radius 3 is 2.38 bits per heavy atom. The average Bonchev–Trinajstić information content (AvgIpc) is 2.97. The van der Waals surface area contributed by atoms with E-state index in [1.165, 1.54) is 22.4 Å². The predicted molar refractivity (Wildman–Crippen MR) is 90.3 cm³/mol. The molecule has 0 radical (unpaired) electrons. The molecule has 0 unspecified atom stereocenters. The van der Waals surface area contributed by atoms with Crippen LogP contribution in [0.2, 0.25) is 0 Å². The molecule has 1 heterocycles. The van der Waals surface area contributed by atoms with Crippen LogP contribution in [-0.2, 0) is 0 Å². The van der Waals surface area contributed by atoms with Crippen molar-refractivity contribution in [3.05, 3.63) is 71.8 Å². The molecular formula is C19H22N2. The molecule has 0 amide bonds. The van der Waals surface area contributed by atoms with Crippen LogP contribution in [-0.4, -0.2) is 24.7 Å². The zero-order valence-corrected chi connectivity index (χ0v) is 12.8. The number of hydrogen-bond donors (Lipinski definition) is 0. The maximum Gasteiger partial charge on any atom is 0.0904 e. The number of aryl methyl sites for hydroxylation is 2. The zero-order chi connectivity index (χ0) is 14.8. The van der Waals surface area contributed by atoms with Gasteiger partial charge in [0.15, 0.2) is 0 Å². The standard InChI is InChI=1S/C19H22N2/c1-15-8-10-18(11-9-15)17(3)20-12-13-21(14-20)19-7-5-4-6-16(19)2/h4-11H,3,12-14H2,1-2H3. The second-order valence-electron chi connectivity index (χ2n) is 5.77. The van der Waals surface area contributed by atoms with E-state index in [0.29, 0.717) is 0 Å². The Bertz CT molecular complexity index is 643. The molecule has 2 aromatic carbocycles. The van der Waals surface area contributed by atoms with Crippen LogP contribution in [0.5, 0.6) is 0 Å². The van der Waals surface area contributed by atoms with Crippen LogP contribution in [0.4, 0.5) is 5.69 Å². The van der Waals surface area contributed by atoms with Crippen molar-refractivity contribution in [1.29, 1.82) is 0 Å². The summed E-state index contributed by atoms with van der Waals surface area (Å²) in [4.78, 5) is 4.78. The normalized spacial score (nSPS) is 14.6. The lowest BCUT2D eigenvalue weighted by atomic mass is 10.1. The Balaban J connectivity index is 1.74. The molecule has 2 nitrogen and oxygen atoms in total. The lowest BCUT2D eigenvalue weighted by molar-refractivity contribution is 0.497. The summed E-state index contributed by atoms with van der Waals surface area (Å²) in [7, 11) is 0. The van der Waals surface area contributed by atoms with Gasteiger partial charge in [0.25, 0.3) is 0 Å². The van der Waals surface area contributed by atoms with Crippen molar-refractivity contribution in [3.8, 4) is 0 Å². The van der Waals surface area contributed by atoms with Gasteiger partial charge in [-0.2, -0.15) is 0 Å². The van der Waals surface area contributed by atoms with Gasteiger partial charge in [0.05, 0.1) is 6.67 Å². The summed E-state index contributed by atoms with van der Waals surface area (Å²) in [5.41, 5.74) is 6.28. The van der Waals surface area contributed by atoms with Gasteiger partial charge >= 0.3 is 0 Å². The maximum atomic E-state index is 4.29. The minimum atomic E-state index is 0.914. The van der Waals surface area contributed by atoms with E-state index in [2.05, 4.69) is 78.8 Å². The lowest BCUT2D eigenvalue weighted by Crippen LogP contribution is -2.24. The zero-order valence-electron chi connectivity index (χ0n) is 12.8. The fourth-order valence-corrected chi connectivity index (χ4v) is 2.85. The highest BCUT2D eigenvalue weighted by molar-refractivity contribution is 5.64. The van der Waals surface area contributed by atoms with E-state index >= 15 is 0 Å². The van der Waals surface area contributed by atoms with Crippen molar-refractivity contribution in [2.45, 2.75) is 13.8 Å². The molecule has 0 spiro atoms. The molecule has 1 aliphatic rings. The number of rotatable bonds is 3. The van der Waals surface area contributed by atoms with Crippen LogP contribution in [0.15, 0.2) is 55.1 Å². The third-order valence-corrected chi connectivity index (χ3v) is 4.20. The molecule has 3 rings (SSSR count). The molecule has 0 N–H and O–H groups in total. The van der Waals surface area contributed by atoms with Crippen molar-refractivity contribution < 1.29 is 0 Å². The highest BCUT2D eigenvalue weighted by atomic mass is 15.4. The average molecular weight is 278 g/mol. The first-order chi connectivity index (χ1) is 10.1. The lowest BCUT2D eigenvalue weighted by Gasteiger charge is -2.24. The van der Waals surface area contributed by atoms with Gasteiger partial charge in [-0.15, -0.1) is 0 Å². The summed E-state index contributed by atoms with van der Waals surface area (Å²) in [6.07, 6.45) is 0. The molecule has 108 valence electrons.